The molecule has 3 atom stereocenters. The summed E-state index contributed by atoms with van der Waals surface area (Å²) in [5.41, 5.74) is 2.16. The van der Waals surface area contributed by atoms with Crippen molar-refractivity contribution in [2.75, 3.05) is 18.2 Å². The van der Waals surface area contributed by atoms with Crippen LogP contribution in [0, 0.1) is 0 Å². The zero-order chi connectivity index (χ0) is 16.2. The number of hydrogen-bond acceptors (Lipinski definition) is 4. The van der Waals surface area contributed by atoms with Crippen molar-refractivity contribution in [3.05, 3.63) is 42.2 Å². The summed E-state index contributed by atoms with van der Waals surface area (Å²) < 4.78 is 19.0. The first-order chi connectivity index (χ1) is 11.1. The molecule has 1 saturated heterocycles. The molecule has 1 aliphatic rings. The molecule has 1 aliphatic heterocycles. The maximum Gasteiger partial charge on any atom is 0.0771 e. The lowest BCUT2D eigenvalue weighted by atomic mass is 10.1. The Morgan fingerprint density at radius 2 is 2.22 bits per heavy atom. The van der Waals surface area contributed by atoms with Gasteiger partial charge < -0.3 is 10.1 Å². The second-order valence-corrected chi connectivity index (χ2v) is 7.35. The second-order valence-electron chi connectivity index (χ2n) is 5.98. The summed E-state index contributed by atoms with van der Waals surface area (Å²) in [5, 5.41) is 7.85. The van der Waals surface area contributed by atoms with Gasteiger partial charge in [-0.3, -0.25) is 8.89 Å². The van der Waals surface area contributed by atoms with Crippen molar-refractivity contribution in [2.24, 2.45) is 0 Å². The molecule has 0 amide bonds. The van der Waals surface area contributed by atoms with Crippen LogP contribution in [0.1, 0.15) is 31.4 Å². The molecule has 0 saturated carbocycles. The highest BCUT2D eigenvalue weighted by Gasteiger charge is 2.16. The number of nitrogens with one attached hydrogen (secondary N) is 1. The standard InChI is InChI=1S/C17H23N3O2S/c1-13(14-5-7-17(8-6-14)23(2)21)19-15-10-18-20(11-15)12-16-4-3-9-22-16/h5-8,10-11,13,16,19H,3-4,9,12H2,1-2H3/t13-,16-,23+/m0/s1. The van der Waals surface area contributed by atoms with Gasteiger partial charge in [0.2, 0.25) is 0 Å². The van der Waals surface area contributed by atoms with Gasteiger partial charge in [0.15, 0.2) is 0 Å². The predicted molar refractivity (Wildman–Crippen MR) is 92.0 cm³/mol. The first kappa shape index (κ1) is 16.2. The molecular weight excluding hydrogens is 310 g/mol. The van der Waals surface area contributed by atoms with Crippen LogP contribution in [0.3, 0.4) is 0 Å². The molecule has 5 nitrogen and oxygen atoms in total. The van der Waals surface area contributed by atoms with E-state index in [1.54, 1.807) is 6.26 Å². The van der Waals surface area contributed by atoms with E-state index in [0.29, 0.717) is 6.10 Å². The Labute approximate surface area is 139 Å². The molecule has 0 radical (unpaired) electrons. The van der Waals surface area contributed by atoms with Crippen molar-refractivity contribution < 1.29 is 8.95 Å². The van der Waals surface area contributed by atoms with Gasteiger partial charge in [0, 0.05) is 40.8 Å². The van der Waals surface area contributed by atoms with Gasteiger partial charge in [-0.15, -0.1) is 0 Å². The van der Waals surface area contributed by atoms with E-state index in [4.69, 9.17) is 4.74 Å². The number of ether oxygens (including phenoxy) is 1. The van der Waals surface area contributed by atoms with Gasteiger partial charge in [0.25, 0.3) is 0 Å². The Morgan fingerprint density at radius 1 is 1.43 bits per heavy atom. The van der Waals surface area contributed by atoms with Gasteiger partial charge in [-0.05, 0) is 37.5 Å². The van der Waals surface area contributed by atoms with Gasteiger partial charge in [0.05, 0.1) is 24.5 Å². The smallest absolute Gasteiger partial charge is 0.0771 e. The van der Waals surface area contributed by atoms with E-state index in [1.165, 1.54) is 0 Å². The van der Waals surface area contributed by atoms with Crippen molar-refractivity contribution in [3.63, 3.8) is 0 Å². The maximum atomic E-state index is 11.4. The van der Waals surface area contributed by atoms with Crippen molar-refractivity contribution in [3.8, 4) is 0 Å². The summed E-state index contributed by atoms with van der Waals surface area (Å²) in [5.74, 6) is 0. The molecule has 3 rings (SSSR count). The van der Waals surface area contributed by atoms with Crippen LogP contribution in [0.2, 0.25) is 0 Å². The van der Waals surface area contributed by atoms with Crippen LogP contribution < -0.4 is 5.32 Å². The monoisotopic (exact) mass is 333 g/mol. The van der Waals surface area contributed by atoms with E-state index < -0.39 is 10.8 Å². The normalized spacial score (nSPS) is 20.3. The molecule has 0 spiro atoms. The van der Waals surface area contributed by atoms with E-state index in [-0.39, 0.29) is 6.04 Å². The van der Waals surface area contributed by atoms with Gasteiger partial charge in [-0.25, -0.2) is 0 Å². The van der Waals surface area contributed by atoms with E-state index in [1.807, 2.05) is 41.3 Å². The summed E-state index contributed by atoms with van der Waals surface area (Å²) in [6.45, 7) is 3.79. The topological polar surface area (TPSA) is 56.1 Å². The number of nitrogens with zero attached hydrogens (tertiary/aromatic N) is 2. The largest absolute Gasteiger partial charge is 0.376 e. The molecule has 0 aliphatic carbocycles. The SMILES string of the molecule is C[C@H](Nc1cnn(C[C@@H]2CCCO2)c1)c1ccc([S@@](C)=O)cc1. The Morgan fingerprint density at radius 3 is 2.87 bits per heavy atom. The number of aromatic nitrogens is 2. The molecule has 6 heteroatoms. The first-order valence-electron chi connectivity index (χ1n) is 7.96. The molecule has 1 aromatic heterocycles. The molecule has 124 valence electrons. The number of benzene rings is 1. The summed E-state index contributed by atoms with van der Waals surface area (Å²) in [6.07, 6.45) is 8.12. The van der Waals surface area contributed by atoms with Crippen LogP contribution in [-0.2, 0) is 22.1 Å². The minimum atomic E-state index is -0.933. The Bertz CT molecular complexity index is 663. The van der Waals surface area contributed by atoms with E-state index >= 15 is 0 Å². The molecule has 0 unspecified atom stereocenters. The van der Waals surface area contributed by atoms with Crippen molar-refractivity contribution >= 4 is 16.5 Å². The Kier molecular flexibility index (Phi) is 5.13. The zero-order valence-electron chi connectivity index (χ0n) is 13.6. The summed E-state index contributed by atoms with van der Waals surface area (Å²) in [7, 11) is -0.933. The third-order valence-electron chi connectivity index (χ3n) is 4.14. The van der Waals surface area contributed by atoms with Gasteiger partial charge in [-0.1, -0.05) is 12.1 Å². The maximum absolute atomic E-state index is 11.4. The zero-order valence-corrected chi connectivity index (χ0v) is 14.4. The molecular formula is C17H23N3O2S. The van der Waals surface area contributed by atoms with Crippen molar-refractivity contribution in [1.29, 1.82) is 0 Å². The minimum absolute atomic E-state index is 0.162. The third-order valence-corrected chi connectivity index (χ3v) is 5.08. The Balaban J connectivity index is 1.59. The fourth-order valence-electron chi connectivity index (χ4n) is 2.82. The van der Waals surface area contributed by atoms with Gasteiger partial charge in [0.1, 0.15) is 0 Å². The molecule has 0 bridgehead atoms. The van der Waals surface area contributed by atoms with Crippen LogP contribution in [0.4, 0.5) is 5.69 Å². The van der Waals surface area contributed by atoms with Crippen LogP contribution in [0.5, 0.6) is 0 Å². The predicted octanol–water partition coefficient (Wildman–Crippen LogP) is 2.97. The van der Waals surface area contributed by atoms with Gasteiger partial charge in [-0.2, -0.15) is 5.10 Å². The van der Waals surface area contributed by atoms with Crippen molar-refractivity contribution in [1.82, 2.24) is 9.78 Å². The van der Waals surface area contributed by atoms with Crippen LogP contribution in [-0.4, -0.2) is 33.0 Å². The molecule has 1 N–H and O–H groups in total. The number of hydrogen-bond donors (Lipinski definition) is 1. The Hall–Kier alpha value is -1.66. The summed E-state index contributed by atoms with van der Waals surface area (Å²) in [6, 6.07) is 8.04. The highest BCUT2D eigenvalue weighted by molar-refractivity contribution is 7.84. The second kappa shape index (κ2) is 7.27. The van der Waals surface area contributed by atoms with Crippen LogP contribution in [0.25, 0.3) is 0 Å². The van der Waals surface area contributed by atoms with E-state index in [2.05, 4.69) is 17.3 Å². The lowest BCUT2D eigenvalue weighted by molar-refractivity contribution is 0.0940. The fourth-order valence-corrected chi connectivity index (χ4v) is 3.34. The first-order valence-corrected chi connectivity index (χ1v) is 9.51. The highest BCUT2D eigenvalue weighted by Crippen LogP contribution is 2.21. The number of anilines is 1. The lowest BCUT2D eigenvalue weighted by Gasteiger charge is -2.14. The molecule has 1 fully saturated rings. The molecule has 2 aromatic rings. The average molecular weight is 333 g/mol. The minimum Gasteiger partial charge on any atom is -0.376 e. The number of rotatable bonds is 6. The summed E-state index contributed by atoms with van der Waals surface area (Å²) in [4.78, 5) is 0.852. The van der Waals surface area contributed by atoms with E-state index in [9.17, 15) is 4.21 Å². The fraction of sp³-hybridized carbons (Fsp3) is 0.471. The molecule has 23 heavy (non-hydrogen) atoms. The molecule has 2 heterocycles. The van der Waals surface area contributed by atoms with Crippen LogP contribution >= 0.6 is 0 Å². The third kappa shape index (κ3) is 4.20. The van der Waals surface area contributed by atoms with Gasteiger partial charge >= 0.3 is 0 Å². The quantitative estimate of drug-likeness (QED) is 0.883. The average Bonchev–Trinajstić information content (AvgIpc) is 3.20. The summed E-state index contributed by atoms with van der Waals surface area (Å²) >= 11 is 0. The highest BCUT2D eigenvalue weighted by atomic mass is 32.2. The lowest BCUT2D eigenvalue weighted by Crippen LogP contribution is -2.15. The van der Waals surface area contributed by atoms with Crippen molar-refractivity contribution in [2.45, 2.75) is 43.4 Å². The molecule has 1 aromatic carbocycles. The van der Waals surface area contributed by atoms with Crippen LogP contribution in [0.15, 0.2) is 41.6 Å². The van der Waals surface area contributed by atoms with E-state index in [0.717, 1.165) is 42.1 Å².